The third kappa shape index (κ3) is 1.85. The molecular formula is C11H12N2O4S. The van der Waals surface area contributed by atoms with E-state index in [2.05, 4.69) is 0 Å². The second kappa shape index (κ2) is 4.95. The van der Waals surface area contributed by atoms with Crippen molar-refractivity contribution in [1.29, 1.82) is 0 Å². The Morgan fingerprint density at radius 1 is 1.44 bits per heavy atom. The Morgan fingerprint density at radius 3 is 2.67 bits per heavy atom. The van der Waals surface area contributed by atoms with E-state index in [0.717, 1.165) is 0 Å². The Kier molecular flexibility index (Phi) is 3.53. The predicted molar refractivity (Wildman–Crippen MR) is 67.0 cm³/mol. The summed E-state index contributed by atoms with van der Waals surface area (Å²) < 4.78 is 6.60. The molecule has 1 aromatic rings. The summed E-state index contributed by atoms with van der Waals surface area (Å²) in [5.41, 5.74) is 0.513. The number of para-hydroxylation sites is 1. The van der Waals surface area contributed by atoms with Crippen molar-refractivity contribution in [3.8, 4) is 0 Å². The molecule has 96 valence electrons. The van der Waals surface area contributed by atoms with Crippen LogP contribution in [0.3, 0.4) is 0 Å². The van der Waals surface area contributed by atoms with Crippen LogP contribution in [0.4, 0.5) is 5.69 Å². The highest BCUT2D eigenvalue weighted by Gasteiger charge is 2.50. The maximum absolute atomic E-state index is 11.7. The van der Waals surface area contributed by atoms with Gasteiger partial charge in [0.05, 0.1) is 10.5 Å². The number of rotatable bonds is 4. The van der Waals surface area contributed by atoms with Crippen LogP contribution in [0.5, 0.6) is 0 Å². The first-order valence-electron chi connectivity index (χ1n) is 5.25. The molecular weight excluding hydrogens is 256 g/mol. The summed E-state index contributed by atoms with van der Waals surface area (Å²) in [4.78, 5) is 22.3. The number of ether oxygens (including phenoxy) is 1. The van der Waals surface area contributed by atoms with E-state index in [1.165, 1.54) is 29.4 Å². The highest BCUT2D eigenvalue weighted by atomic mass is 32.2. The Bertz CT molecular complexity index is 480. The monoisotopic (exact) mass is 268 g/mol. The quantitative estimate of drug-likeness (QED) is 0.360. The van der Waals surface area contributed by atoms with Crippen LogP contribution < -0.4 is 0 Å². The third-order valence-corrected chi connectivity index (χ3v) is 3.70. The fourth-order valence-electron chi connectivity index (χ4n) is 2.06. The van der Waals surface area contributed by atoms with E-state index in [9.17, 15) is 14.9 Å². The highest BCUT2D eigenvalue weighted by Crippen LogP contribution is 2.43. The van der Waals surface area contributed by atoms with E-state index in [1.807, 2.05) is 0 Å². The number of carbonyl (C=O) groups excluding carboxylic acids is 1. The zero-order chi connectivity index (χ0) is 13.3. The second-order valence-electron chi connectivity index (χ2n) is 3.76. The standard InChI is InChI=1S/C11H12N2O4S/c1-17-10-9(12(18-2)11(10)14)7-5-3-4-6-8(7)13(15)16/h3-6,9-10H,1-2H3. The maximum atomic E-state index is 11.7. The smallest absolute Gasteiger partial charge is 0.274 e. The molecule has 1 amide bonds. The van der Waals surface area contributed by atoms with Crippen LogP contribution in [0, 0.1) is 10.1 Å². The number of amides is 1. The lowest BCUT2D eigenvalue weighted by molar-refractivity contribution is -0.386. The number of nitro groups is 1. The molecule has 0 radical (unpaired) electrons. The van der Waals surface area contributed by atoms with Crippen molar-refractivity contribution < 1.29 is 14.5 Å². The molecule has 0 N–H and O–H groups in total. The minimum Gasteiger partial charge on any atom is -0.369 e. The van der Waals surface area contributed by atoms with Gasteiger partial charge in [0, 0.05) is 19.4 Å². The molecule has 2 rings (SSSR count). The lowest BCUT2D eigenvalue weighted by Gasteiger charge is -2.44. The van der Waals surface area contributed by atoms with Gasteiger partial charge in [-0.2, -0.15) is 0 Å². The number of carbonyl (C=O) groups is 1. The van der Waals surface area contributed by atoms with Crippen LogP contribution in [0.1, 0.15) is 11.6 Å². The molecule has 2 unspecified atom stereocenters. The minimum atomic E-state index is -0.640. The molecule has 1 heterocycles. The Hall–Kier alpha value is -1.60. The molecule has 0 aromatic heterocycles. The first kappa shape index (κ1) is 12.8. The molecule has 1 aromatic carbocycles. The summed E-state index contributed by atoms with van der Waals surface area (Å²) in [5, 5.41) is 11.0. The fraction of sp³-hybridized carbons (Fsp3) is 0.364. The van der Waals surface area contributed by atoms with Crippen molar-refractivity contribution in [2.45, 2.75) is 12.1 Å². The first-order valence-corrected chi connectivity index (χ1v) is 6.43. The predicted octanol–water partition coefficient (Wildman–Crippen LogP) is 1.77. The first-order chi connectivity index (χ1) is 8.61. The molecule has 0 spiro atoms. The van der Waals surface area contributed by atoms with Crippen LogP contribution in [0.2, 0.25) is 0 Å². The number of hydrogen-bond donors (Lipinski definition) is 0. The molecule has 1 aliphatic rings. The van der Waals surface area contributed by atoms with Gasteiger partial charge >= 0.3 is 0 Å². The molecule has 0 aliphatic carbocycles. The summed E-state index contributed by atoms with van der Waals surface area (Å²) in [6.07, 6.45) is 1.12. The van der Waals surface area contributed by atoms with Crippen LogP contribution in [0.25, 0.3) is 0 Å². The van der Waals surface area contributed by atoms with E-state index in [1.54, 1.807) is 24.5 Å². The summed E-state index contributed by atoms with van der Waals surface area (Å²) in [7, 11) is 1.43. The van der Waals surface area contributed by atoms with Gasteiger partial charge in [0.2, 0.25) is 0 Å². The average Bonchev–Trinajstić information content (AvgIpc) is 2.36. The van der Waals surface area contributed by atoms with Crippen LogP contribution in [0.15, 0.2) is 24.3 Å². The second-order valence-corrected chi connectivity index (χ2v) is 4.52. The molecule has 0 saturated carbocycles. The SMILES string of the molecule is COC1C(=O)N(SC)C1c1ccccc1[N+](=O)[O-]. The Morgan fingerprint density at radius 2 is 2.11 bits per heavy atom. The number of β-lactam (4-membered cyclic amide) rings is 1. The zero-order valence-corrected chi connectivity index (χ0v) is 10.7. The van der Waals surface area contributed by atoms with Crippen molar-refractivity contribution in [2.75, 3.05) is 13.4 Å². The molecule has 1 fully saturated rings. The van der Waals surface area contributed by atoms with Gasteiger partial charge in [0.1, 0.15) is 6.04 Å². The van der Waals surface area contributed by atoms with E-state index in [-0.39, 0.29) is 11.6 Å². The topological polar surface area (TPSA) is 72.7 Å². The minimum absolute atomic E-state index is 0.0103. The van der Waals surface area contributed by atoms with Crippen LogP contribution in [-0.4, -0.2) is 34.6 Å². The van der Waals surface area contributed by atoms with Crippen molar-refractivity contribution in [3.05, 3.63) is 39.9 Å². The van der Waals surface area contributed by atoms with Crippen LogP contribution in [-0.2, 0) is 9.53 Å². The lowest BCUT2D eigenvalue weighted by atomic mass is 9.92. The summed E-state index contributed by atoms with van der Waals surface area (Å²) in [6.45, 7) is 0. The number of methoxy groups -OCH3 is 1. The molecule has 0 bridgehead atoms. The largest absolute Gasteiger partial charge is 0.369 e. The van der Waals surface area contributed by atoms with Crippen LogP contribution >= 0.6 is 11.9 Å². The van der Waals surface area contributed by atoms with Gasteiger partial charge in [0.15, 0.2) is 6.10 Å². The van der Waals surface area contributed by atoms with Gasteiger partial charge in [-0.05, 0) is 6.07 Å². The van der Waals surface area contributed by atoms with E-state index < -0.39 is 17.1 Å². The van der Waals surface area contributed by atoms with Gasteiger partial charge in [-0.25, -0.2) is 0 Å². The van der Waals surface area contributed by atoms with Gasteiger partial charge in [-0.1, -0.05) is 24.1 Å². The van der Waals surface area contributed by atoms with Crippen molar-refractivity contribution in [1.82, 2.24) is 4.31 Å². The number of nitrogens with zero attached hydrogens (tertiary/aromatic N) is 2. The van der Waals surface area contributed by atoms with E-state index in [0.29, 0.717) is 5.56 Å². The van der Waals surface area contributed by atoms with Crippen molar-refractivity contribution in [3.63, 3.8) is 0 Å². The third-order valence-electron chi connectivity index (χ3n) is 2.90. The van der Waals surface area contributed by atoms with Gasteiger partial charge in [-0.15, -0.1) is 0 Å². The average molecular weight is 268 g/mol. The van der Waals surface area contributed by atoms with Gasteiger partial charge in [-0.3, -0.25) is 19.2 Å². The van der Waals surface area contributed by atoms with Crippen molar-refractivity contribution in [2.24, 2.45) is 0 Å². The number of hydrogen-bond acceptors (Lipinski definition) is 5. The van der Waals surface area contributed by atoms with E-state index >= 15 is 0 Å². The Balaban J connectivity index is 2.41. The molecule has 1 aliphatic heterocycles. The maximum Gasteiger partial charge on any atom is 0.274 e. The van der Waals surface area contributed by atoms with E-state index in [4.69, 9.17) is 4.74 Å². The molecule has 6 nitrogen and oxygen atoms in total. The normalized spacial score (nSPS) is 22.8. The number of nitro benzene ring substituents is 1. The molecule has 18 heavy (non-hydrogen) atoms. The van der Waals surface area contributed by atoms with Gasteiger partial charge < -0.3 is 4.74 Å². The van der Waals surface area contributed by atoms with Crippen molar-refractivity contribution >= 4 is 23.5 Å². The Labute approximate surface area is 108 Å². The lowest BCUT2D eigenvalue weighted by Crippen LogP contribution is -2.56. The fourth-order valence-corrected chi connectivity index (χ4v) is 2.80. The molecule has 2 atom stereocenters. The molecule has 7 heteroatoms. The summed E-state index contributed by atoms with van der Waals surface area (Å²) in [6, 6.07) is 6.01. The zero-order valence-electron chi connectivity index (χ0n) is 9.90. The van der Waals surface area contributed by atoms with Gasteiger partial charge in [0.25, 0.3) is 11.6 Å². The molecule has 1 saturated heterocycles. The highest BCUT2D eigenvalue weighted by molar-refractivity contribution is 7.96. The summed E-state index contributed by atoms with van der Waals surface area (Å²) in [5.74, 6) is -0.159. The number of benzene rings is 1. The summed E-state index contributed by atoms with van der Waals surface area (Å²) >= 11 is 1.24.